The maximum Gasteiger partial charge on any atom is 0.319 e. The Bertz CT molecular complexity index is 1320. The van der Waals surface area contributed by atoms with Crippen LogP contribution in [0.4, 0.5) is 10.5 Å². The number of halogens is 2. The molecule has 2 aliphatic rings. The Labute approximate surface area is 248 Å². The molecule has 5 nitrogen and oxygen atoms in total. The van der Waals surface area contributed by atoms with E-state index in [9.17, 15) is 10.1 Å². The van der Waals surface area contributed by atoms with Crippen LogP contribution in [0.3, 0.4) is 0 Å². The maximum absolute atomic E-state index is 12.9. The first kappa shape index (κ1) is 29.9. The van der Waals surface area contributed by atoms with E-state index < -0.39 is 0 Å². The summed E-state index contributed by atoms with van der Waals surface area (Å²) in [5, 5.41) is 16.3. The minimum atomic E-state index is -0.271. The second-order valence-electron chi connectivity index (χ2n) is 10.8. The molecule has 7 heteroatoms. The van der Waals surface area contributed by atoms with Gasteiger partial charge in [0.05, 0.1) is 11.6 Å². The topological polar surface area (TPSA) is 68.2 Å². The summed E-state index contributed by atoms with van der Waals surface area (Å²) in [6.45, 7) is 2.60. The first-order valence-corrected chi connectivity index (χ1v) is 14.6. The number of likely N-dealkylation sites (tertiary alicyclic amines) is 1. The normalized spacial score (nSPS) is 17.3. The molecule has 5 rings (SSSR count). The first-order valence-electron chi connectivity index (χ1n) is 13.8. The molecule has 2 N–H and O–H groups in total. The number of nitriles is 1. The van der Waals surface area contributed by atoms with Crippen LogP contribution in [0.25, 0.3) is 11.1 Å². The molecule has 0 spiro atoms. The zero-order valence-corrected chi connectivity index (χ0v) is 23.6. The van der Waals surface area contributed by atoms with Crippen molar-refractivity contribution in [1.29, 1.82) is 5.26 Å². The van der Waals surface area contributed by atoms with Crippen molar-refractivity contribution in [1.82, 2.24) is 10.2 Å². The first-order chi connectivity index (χ1) is 18.9. The summed E-state index contributed by atoms with van der Waals surface area (Å²) in [5.41, 5.74) is 4.39. The van der Waals surface area contributed by atoms with Gasteiger partial charge in [0.2, 0.25) is 0 Å². The average Bonchev–Trinajstić information content (AvgIpc) is 2.96. The van der Waals surface area contributed by atoms with E-state index in [2.05, 4.69) is 45.9 Å². The van der Waals surface area contributed by atoms with E-state index >= 15 is 0 Å². The standard InChI is InChI=1S/C32H34Cl2N4O.CH4/c33-27-18-28(34)20-29(19-27)37-31(39)36-22-32(13-15-38(16-14-32)30-7-2-1-3-8-30)26-11-9-24(10-12-26)25-6-4-5-23(17-25)21-35;/h4-6,9-12,17-20,30H,1-3,7-8,13-16,22H2,(H2,36,37,39);1H4. The smallest absolute Gasteiger partial charge is 0.319 e. The maximum atomic E-state index is 12.9. The minimum absolute atomic E-state index is 0. The predicted molar refractivity (Wildman–Crippen MR) is 166 cm³/mol. The number of carbonyl (C=O) groups is 1. The van der Waals surface area contributed by atoms with Gasteiger partial charge < -0.3 is 15.5 Å². The molecule has 1 saturated heterocycles. The zero-order chi connectivity index (χ0) is 27.2. The Morgan fingerprint density at radius 1 is 0.925 bits per heavy atom. The lowest BCUT2D eigenvalue weighted by Gasteiger charge is -2.46. The van der Waals surface area contributed by atoms with Gasteiger partial charge in [0.25, 0.3) is 0 Å². The van der Waals surface area contributed by atoms with E-state index in [4.69, 9.17) is 23.2 Å². The highest BCUT2D eigenvalue weighted by Crippen LogP contribution is 2.38. The number of nitrogens with zero attached hydrogens (tertiary/aromatic N) is 2. The molecule has 3 aromatic rings. The highest BCUT2D eigenvalue weighted by Gasteiger charge is 2.38. The molecule has 0 atom stereocenters. The van der Waals surface area contributed by atoms with E-state index in [1.807, 2.05) is 24.3 Å². The van der Waals surface area contributed by atoms with Gasteiger partial charge in [-0.05, 0) is 85.8 Å². The number of urea groups is 1. The molecule has 0 unspecified atom stereocenters. The van der Waals surface area contributed by atoms with Gasteiger partial charge in [0.1, 0.15) is 0 Å². The van der Waals surface area contributed by atoms with Crippen LogP contribution in [0.5, 0.6) is 0 Å². The minimum Gasteiger partial charge on any atom is -0.337 e. The Morgan fingerprint density at radius 2 is 1.60 bits per heavy atom. The number of carbonyl (C=O) groups excluding carboxylic acids is 1. The van der Waals surface area contributed by atoms with E-state index in [0.717, 1.165) is 37.1 Å². The van der Waals surface area contributed by atoms with Gasteiger partial charge in [-0.25, -0.2) is 4.79 Å². The van der Waals surface area contributed by atoms with E-state index in [1.54, 1.807) is 18.2 Å². The van der Waals surface area contributed by atoms with E-state index in [-0.39, 0.29) is 18.9 Å². The quantitative estimate of drug-likeness (QED) is 0.308. The van der Waals surface area contributed by atoms with Crippen LogP contribution < -0.4 is 10.6 Å². The monoisotopic (exact) mass is 576 g/mol. The van der Waals surface area contributed by atoms with Crippen molar-refractivity contribution < 1.29 is 4.79 Å². The van der Waals surface area contributed by atoms with Crippen molar-refractivity contribution in [3.8, 4) is 17.2 Å². The summed E-state index contributed by atoms with van der Waals surface area (Å²) in [6.07, 6.45) is 8.57. The van der Waals surface area contributed by atoms with Gasteiger partial charge in [0, 0.05) is 33.7 Å². The summed E-state index contributed by atoms with van der Waals surface area (Å²) in [5.74, 6) is 0. The SMILES string of the molecule is C.N#Cc1cccc(-c2ccc(C3(CNC(=O)Nc4cc(Cl)cc(Cl)c4)CCN(C4CCCCC4)CC3)cc2)c1. The Balaban J connectivity index is 0.00000370. The van der Waals surface area contributed by atoms with Gasteiger partial charge in [-0.1, -0.05) is 86.3 Å². The summed E-state index contributed by atoms with van der Waals surface area (Å²) < 4.78 is 0. The zero-order valence-electron chi connectivity index (χ0n) is 22.1. The number of nitrogens with one attached hydrogen (secondary N) is 2. The lowest BCUT2D eigenvalue weighted by atomic mass is 9.72. The van der Waals surface area contributed by atoms with Gasteiger partial charge >= 0.3 is 6.03 Å². The molecule has 0 bridgehead atoms. The van der Waals surface area contributed by atoms with E-state index in [0.29, 0.717) is 33.9 Å². The molecule has 1 aliphatic heterocycles. The number of rotatable bonds is 6. The molecule has 40 heavy (non-hydrogen) atoms. The molecular weight excluding hydrogens is 539 g/mol. The number of hydrogen-bond acceptors (Lipinski definition) is 3. The molecule has 1 saturated carbocycles. The molecule has 2 fully saturated rings. The summed E-state index contributed by atoms with van der Waals surface area (Å²) in [4.78, 5) is 15.6. The number of piperidine rings is 1. The fourth-order valence-corrected chi connectivity index (χ4v) is 6.69. The Kier molecular flexibility index (Phi) is 10.1. The largest absolute Gasteiger partial charge is 0.337 e. The van der Waals surface area contributed by atoms with Crippen molar-refractivity contribution >= 4 is 34.9 Å². The van der Waals surface area contributed by atoms with Crippen molar-refractivity contribution in [2.45, 2.75) is 63.8 Å². The highest BCUT2D eigenvalue weighted by atomic mass is 35.5. The highest BCUT2D eigenvalue weighted by molar-refractivity contribution is 6.35. The van der Waals surface area contributed by atoms with Crippen LogP contribution in [0, 0.1) is 11.3 Å². The molecule has 1 heterocycles. The van der Waals surface area contributed by atoms with Crippen molar-refractivity contribution in [2.75, 3.05) is 25.0 Å². The van der Waals surface area contributed by atoms with Crippen LogP contribution in [-0.2, 0) is 5.41 Å². The van der Waals surface area contributed by atoms with Gasteiger partial charge in [-0.3, -0.25) is 0 Å². The third kappa shape index (κ3) is 7.18. The fraction of sp³-hybridized carbons (Fsp3) is 0.394. The van der Waals surface area contributed by atoms with Crippen LogP contribution in [0.2, 0.25) is 10.0 Å². The predicted octanol–water partition coefficient (Wildman–Crippen LogP) is 8.66. The molecule has 2 amide bonds. The summed E-state index contributed by atoms with van der Waals surface area (Å²) >= 11 is 12.2. The summed E-state index contributed by atoms with van der Waals surface area (Å²) in [7, 11) is 0. The molecule has 0 radical (unpaired) electrons. The number of anilines is 1. The van der Waals surface area contributed by atoms with Gasteiger partial charge in [-0.15, -0.1) is 0 Å². The number of amides is 2. The van der Waals surface area contributed by atoms with Crippen molar-refractivity contribution in [2.24, 2.45) is 0 Å². The van der Waals surface area contributed by atoms with Gasteiger partial charge in [0.15, 0.2) is 0 Å². The molecule has 3 aromatic carbocycles. The second kappa shape index (κ2) is 13.5. The second-order valence-corrected chi connectivity index (χ2v) is 11.7. The Morgan fingerprint density at radius 3 is 2.25 bits per heavy atom. The number of hydrogen-bond donors (Lipinski definition) is 2. The third-order valence-electron chi connectivity index (χ3n) is 8.38. The number of benzene rings is 3. The average molecular weight is 578 g/mol. The lowest BCUT2D eigenvalue weighted by molar-refractivity contribution is 0.0925. The lowest BCUT2D eigenvalue weighted by Crippen LogP contribution is -2.52. The van der Waals surface area contributed by atoms with Crippen LogP contribution in [0.1, 0.15) is 63.5 Å². The molecule has 210 valence electrons. The molecule has 1 aliphatic carbocycles. The molecular formula is C33H38Cl2N4O. The van der Waals surface area contributed by atoms with Crippen LogP contribution in [-0.4, -0.2) is 36.6 Å². The van der Waals surface area contributed by atoms with Crippen LogP contribution in [0.15, 0.2) is 66.7 Å². The third-order valence-corrected chi connectivity index (χ3v) is 8.81. The van der Waals surface area contributed by atoms with Crippen LogP contribution >= 0.6 is 23.2 Å². The fourth-order valence-electron chi connectivity index (χ4n) is 6.17. The Hall–Kier alpha value is -3.04. The molecule has 0 aromatic heterocycles. The van der Waals surface area contributed by atoms with Crippen molar-refractivity contribution in [3.05, 3.63) is 87.9 Å². The van der Waals surface area contributed by atoms with E-state index in [1.165, 1.54) is 37.7 Å². The summed E-state index contributed by atoms with van der Waals surface area (Å²) in [6, 6.07) is 24.0. The van der Waals surface area contributed by atoms with Crippen molar-refractivity contribution in [3.63, 3.8) is 0 Å². The van der Waals surface area contributed by atoms with Gasteiger partial charge in [-0.2, -0.15) is 5.26 Å².